The van der Waals surface area contributed by atoms with Crippen LogP contribution in [0.25, 0.3) is 16.9 Å². The molecule has 4 aromatic rings. The van der Waals surface area contributed by atoms with Crippen molar-refractivity contribution < 1.29 is 9.32 Å². The third-order valence-electron chi connectivity index (χ3n) is 3.98. The SMILES string of the molecule is Cc1cc(C(=O)Nc2c(-c3ccccc3)nc3c(C)cccn23)no1. The molecule has 0 bridgehead atoms. The highest BCUT2D eigenvalue weighted by molar-refractivity contribution is 6.04. The number of amides is 1. The van der Waals surface area contributed by atoms with Crippen LogP contribution in [0, 0.1) is 13.8 Å². The maximum absolute atomic E-state index is 12.6. The summed E-state index contributed by atoms with van der Waals surface area (Å²) < 4.78 is 6.87. The molecule has 0 fully saturated rings. The second kappa shape index (κ2) is 5.90. The van der Waals surface area contributed by atoms with Crippen molar-refractivity contribution >= 4 is 17.4 Å². The number of carbonyl (C=O) groups excluding carboxylic acids is 1. The smallest absolute Gasteiger partial charge is 0.279 e. The summed E-state index contributed by atoms with van der Waals surface area (Å²) in [5.74, 6) is 0.857. The van der Waals surface area contributed by atoms with E-state index in [9.17, 15) is 4.79 Å². The van der Waals surface area contributed by atoms with Gasteiger partial charge in [-0.15, -0.1) is 0 Å². The summed E-state index contributed by atoms with van der Waals surface area (Å²) >= 11 is 0. The van der Waals surface area contributed by atoms with E-state index in [-0.39, 0.29) is 11.6 Å². The van der Waals surface area contributed by atoms with Crippen LogP contribution in [-0.4, -0.2) is 20.4 Å². The minimum atomic E-state index is -0.336. The van der Waals surface area contributed by atoms with E-state index in [2.05, 4.69) is 10.5 Å². The van der Waals surface area contributed by atoms with Gasteiger partial charge in [-0.05, 0) is 25.5 Å². The number of anilines is 1. The summed E-state index contributed by atoms with van der Waals surface area (Å²) in [6, 6.07) is 15.3. The van der Waals surface area contributed by atoms with Gasteiger partial charge in [-0.2, -0.15) is 0 Å². The molecule has 3 aromatic heterocycles. The van der Waals surface area contributed by atoms with Crippen LogP contribution in [0.4, 0.5) is 5.82 Å². The molecule has 0 saturated heterocycles. The Balaban J connectivity index is 1.86. The molecule has 0 unspecified atom stereocenters. The van der Waals surface area contributed by atoms with Crippen molar-refractivity contribution in [3.05, 3.63) is 71.7 Å². The summed E-state index contributed by atoms with van der Waals surface area (Å²) in [4.78, 5) is 17.3. The predicted octanol–water partition coefficient (Wildman–Crippen LogP) is 3.86. The van der Waals surface area contributed by atoms with Crippen LogP contribution in [0.3, 0.4) is 0 Å². The highest BCUT2D eigenvalue weighted by atomic mass is 16.5. The lowest BCUT2D eigenvalue weighted by atomic mass is 10.1. The molecule has 25 heavy (non-hydrogen) atoms. The van der Waals surface area contributed by atoms with E-state index in [1.165, 1.54) is 0 Å². The number of hydrogen-bond donors (Lipinski definition) is 1. The number of carbonyl (C=O) groups is 1. The number of nitrogens with zero attached hydrogens (tertiary/aromatic N) is 3. The van der Waals surface area contributed by atoms with Crippen LogP contribution in [0.15, 0.2) is 59.3 Å². The number of imidazole rings is 1. The lowest BCUT2D eigenvalue weighted by Crippen LogP contribution is -2.14. The average Bonchev–Trinajstić information content (AvgIpc) is 3.21. The van der Waals surface area contributed by atoms with Crippen molar-refractivity contribution in [2.75, 3.05) is 5.32 Å². The van der Waals surface area contributed by atoms with Gasteiger partial charge >= 0.3 is 0 Å². The van der Waals surface area contributed by atoms with Crippen molar-refractivity contribution in [1.82, 2.24) is 14.5 Å². The first-order chi connectivity index (χ1) is 12.1. The highest BCUT2D eigenvalue weighted by Crippen LogP contribution is 2.30. The maximum atomic E-state index is 12.6. The summed E-state index contributed by atoms with van der Waals surface area (Å²) in [6.45, 7) is 3.74. The van der Waals surface area contributed by atoms with E-state index >= 15 is 0 Å². The molecule has 1 amide bonds. The zero-order valence-corrected chi connectivity index (χ0v) is 13.9. The van der Waals surface area contributed by atoms with Crippen LogP contribution < -0.4 is 5.32 Å². The number of fused-ring (bicyclic) bond motifs is 1. The van der Waals surface area contributed by atoms with Crippen molar-refractivity contribution in [3.63, 3.8) is 0 Å². The molecule has 1 N–H and O–H groups in total. The van der Waals surface area contributed by atoms with E-state index in [0.717, 1.165) is 16.8 Å². The quantitative estimate of drug-likeness (QED) is 0.618. The first-order valence-electron chi connectivity index (χ1n) is 7.91. The van der Waals surface area contributed by atoms with Gasteiger partial charge in [-0.25, -0.2) is 4.98 Å². The van der Waals surface area contributed by atoms with Gasteiger partial charge in [-0.3, -0.25) is 9.20 Å². The Bertz CT molecular complexity index is 1060. The van der Waals surface area contributed by atoms with E-state index < -0.39 is 0 Å². The van der Waals surface area contributed by atoms with E-state index in [0.29, 0.717) is 17.3 Å². The largest absolute Gasteiger partial charge is 0.361 e. The minimum Gasteiger partial charge on any atom is -0.361 e. The molecule has 0 spiro atoms. The second-order valence-corrected chi connectivity index (χ2v) is 5.84. The Morgan fingerprint density at radius 3 is 2.64 bits per heavy atom. The molecule has 4 rings (SSSR count). The molecular weight excluding hydrogens is 316 g/mol. The van der Waals surface area contributed by atoms with Crippen LogP contribution in [0.5, 0.6) is 0 Å². The fourth-order valence-electron chi connectivity index (χ4n) is 2.77. The molecule has 0 saturated carbocycles. The number of aryl methyl sites for hydroxylation is 2. The number of aromatic nitrogens is 3. The summed E-state index contributed by atoms with van der Waals surface area (Å²) in [5.41, 5.74) is 3.70. The lowest BCUT2D eigenvalue weighted by molar-refractivity contribution is 0.101. The standard InChI is InChI=1S/C19H16N4O2/c1-12-7-6-10-23-17(12)20-16(14-8-4-3-5-9-14)18(23)21-19(24)15-11-13(2)25-22-15/h3-11H,1-2H3,(H,21,24). The minimum absolute atomic E-state index is 0.235. The molecular formula is C19H16N4O2. The normalized spacial score (nSPS) is 11.0. The van der Waals surface area contributed by atoms with E-state index in [1.54, 1.807) is 13.0 Å². The zero-order valence-electron chi connectivity index (χ0n) is 13.9. The van der Waals surface area contributed by atoms with Crippen molar-refractivity contribution in [3.8, 4) is 11.3 Å². The van der Waals surface area contributed by atoms with Gasteiger partial charge in [-0.1, -0.05) is 41.6 Å². The van der Waals surface area contributed by atoms with Gasteiger partial charge in [0.15, 0.2) is 5.69 Å². The van der Waals surface area contributed by atoms with Crippen LogP contribution in [-0.2, 0) is 0 Å². The van der Waals surface area contributed by atoms with E-state index in [1.807, 2.05) is 60.0 Å². The van der Waals surface area contributed by atoms with Crippen molar-refractivity contribution in [2.24, 2.45) is 0 Å². The summed E-state index contributed by atoms with van der Waals surface area (Å²) in [7, 11) is 0. The monoisotopic (exact) mass is 332 g/mol. The zero-order chi connectivity index (χ0) is 17.4. The number of pyridine rings is 1. The molecule has 0 aliphatic rings. The average molecular weight is 332 g/mol. The van der Waals surface area contributed by atoms with Gasteiger partial charge in [0.25, 0.3) is 5.91 Å². The van der Waals surface area contributed by atoms with Gasteiger partial charge in [0, 0.05) is 17.8 Å². The van der Waals surface area contributed by atoms with Gasteiger partial charge < -0.3 is 9.84 Å². The molecule has 1 aromatic carbocycles. The maximum Gasteiger partial charge on any atom is 0.279 e. The lowest BCUT2D eigenvalue weighted by Gasteiger charge is -2.06. The Hall–Kier alpha value is -3.41. The molecule has 124 valence electrons. The van der Waals surface area contributed by atoms with E-state index in [4.69, 9.17) is 9.51 Å². The van der Waals surface area contributed by atoms with Crippen LogP contribution in [0.1, 0.15) is 21.8 Å². The topological polar surface area (TPSA) is 72.4 Å². The molecule has 0 atom stereocenters. The molecule has 0 aliphatic heterocycles. The number of benzene rings is 1. The fraction of sp³-hybridized carbons (Fsp3) is 0.105. The van der Waals surface area contributed by atoms with Crippen LogP contribution in [0.2, 0.25) is 0 Å². The van der Waals surface area contributed by atoms with Crippen molar-refractivity contribution in [1.29, 1.82) is 0 Å². The molecule has 6 heteroatoms. The first kappa shape index (κ1) is 15.1. The van der Waals surface area contributed by atoms with Gasteiger partial charge in [0.2, 0.25) is 0 Å². The Labute approximate surface area is 144 Å². The summed E-state index contributed by atoms with van der Waals surface area (Å²) in [5, 5.41) is 6.71. The highest BCUT2D eigenvalue weighted by Gasteiger charge is 2.19. The third-order valence-corrected chi connectivity index (χ3v) is 3.98. The second-order valence-electron chi connectivity index (χ2n) is 5.84. The number of nitrogens with one attached hydrogen (secondary N) is 1. The Kier molecular flexibility index (Phi) is 3.57. The predicted molar refractivity (Wildman–Crippen MR) is 94.6 cm³/mol. The third kappa shape index (κ3) is 2.67. The fourth-order valence-corrected chi connectivity index (χ4v) is 2.77. The first-order valence-corrected chi connectivity index (χ1v) is 7.91. The van der Waals surface area contributed by atoms with Gasteiger partial charge in [0.1, 0.15) is 22.9 Å². The molecule has 6 nitrogen and oxygen atoms in total. The van der Waals surface area contributed by atoms with Crippen molar-refractivity contribution in [2.45, 2.75) is 13.8 Å². The molecule has 0 radical (unpaired) electrons. The Morgan fingerprint density at radius 1 is 1.12 bits per heavy atom. The molecule has 3 heterocycles. The molecule has 0 aliphatic carbocycles. The number of hydrogen-bond acceptors (Lipinski definition) is 4. The van der Waals surface area contributed by atoms with Gasteiger partial charge in [0.05, 0.1) is 0 Å². The number of rotatable bonds is 3. The van der Waals surface area contributed by atoms with Crippen LogP contribution >= 0.6 is 0 Å². The Morgan fingerprint density at radius 2 is 1.92 bits per heavy atom. The summed E-state index contributed by atoms with van der Waals surface area (Å²) in [6.07, 6.45) is 1.88.